The molecule has 132 valence electrons. The molecule has 1 heterocycles. The van der Waals surface area contributed by atoms with Gasteiger partial charge < -0.3 is 0 Å². The van der Waals surface area contributed by atoms with E-state index in [1.165, 1.54) is 4.68 Å². The van der Waals surface area contributed by atoms with Crippen LogP contribution < -0.4 is 11.0 Å². The van der Waals surface area contributed by atoms with Crippen LogP contribution in [-0.4, -0.2) is 21.4 Å². The number of halogens is 1. The standard InChI is InChI=1S/C19H17BrN4O2/c1-12(21-22-18(25)15-10-6-7-11-16(15)20)17-13(2)23-24(19(17)26)14-8-4-3-5-9-14/h3-11,23H,1-2H3,(H,22,25). The number of carbonyl (C=O) groups is 1. The number of rotatable bonds is 4. The zero-order valence-corrected chi connectivity index (χ0v) is 15.9. The molecule has 0 fully saturated rings. The summed E-state index contributed by atoms with van der Waals surface area (Å²) in [5.41, 5.74) is 5.02. The smallest absolute Gasteiger partial charge is 0.280 e. The quantitative estimate of drug-likeness (QED) is 0.508. The average molecular weight is 413 g/mol. The lowest BCUT2D eigenvalue weighted by Gasteiger charge is -2.03. The lowest BCUT2D eigenvalue weighted by atomic mass is 10.2. The van der Waals surface area contributed by atoms with Gasteiger partial charge in [-0.1, -0.05) is 30.3 Å². The lowest BCUT2D eigenvalue weighted by Crippen LogP contribution is -2.23. The summed E-state index contributed by atoms with van der Waals surface area (Å²) in [6.45, 7) is 3.48. The number of para-hydroxylation sites is 1. The molecule has 3 aromatic rings. The van der Waals surface area contributed by atoms with Crippen molar-refractivity contribution < 1.29 is 4.79 Å². The number of hydrazone groups is 1. The number of aromatic amines is 1. The van der Waals surface area contributed by atoms with Crippen molar-refractivity contribution in [2.75, 3.05) is 0 Å². The molecule has 3 rings (SSSR count). The number of hydrogen-bond acceptors (Lipinski definition) is 3. The summed E-state index contributed by atoms with van der Waals surface area (Å²) in [4.78, 5) is 25.0. The van der Waals surface area contributed by atoms with Gasteiger partial charge in [-0.25, -0.2) is 10.1 Å². The third-order valence-electron chi connectivity index (χ3n) is 3.89. The Balaban J connectivity index is 1.89. The molecular weight excluding hydrogens is 396 g/mol. The Morgan fingerprint density at radius 2 is 1.77 bits per heavy atom. The molecule has 0 unspecified atom stereocenters. The van der Waals surface area contributed by atoms with Crippen molar-refractivity contribution in [2.24, 2.45) is 5.10 Å². The highest BCUT2D eigenvalue weighted by molar-refractivity contribution is 9.10. The van der Waals surface area contributed by atoms with Crippen molar-refractivity contribution >= 4 is 27.5 Å². The number of H-pyrrole nitrogens is 1. The minimum Gasteiger partial charge on any atom is -0.295 e. The largest absolute Gasteiger partial charge is 0.295 e. The number of aromatic nitrogens is 2. The highest BCUT2D eigenvalue weighted by atomic mass is 79.9. The summed E-state index contributed by atoms with van der Waals surface area (Å²) in [5.74, 6) is -0.353. The minimum atomic E-state index is -0.353. The summed E-state index contributed by atoms with van der Waals surface area (Å²) >= 11 is 3.33. The summed E-state index contributed by atoms with van der Waals surface area (Å²) in [5, 5.41) is 7.15. The van der Waals surface area contributed by atoms with Crippen LogP contribution in [-0.2, 0) is 0 Å². The fraction of sp³-hybridized carbons (Fsp3) is 0.105. The normalized spacial score (nSPS) is 11.4. The molecular formula is C19H17BrN4O2. The van der Waals surface area contributed by atoms with Crippen LogP contribution in [0.2, 0.25) is 0 Å². The summed E-state index contributed by atoms with van der Waals surface area (Å²) in [6.07, 6.45) is 0. The second kappa shape index (κ2) is 7.53. The van der Waals surface area contributed by atoms with Gasteiger partial charge in [0.1, 0.15) is 0 Å². The molecule has 0 saturated carbocycles. The van der Waals surface area contributed by atoms with Crippen LogP contribution in [0.4, 0.5) is 0 Å². The topological polar surface area (TPSA) is 79.2 Å². The van der Waals surface area contributed by atoms with Crippen LogP contribution in [0, 0.1) is 6.92 Å². The first-order chi connectivity index (χ1) is 12.5. The van der Waals surface area contributed by atoms with E-state index in [9.17, 15) is 9.59 Å². The maximum absolute atomic E-state index is 12.7. The van der Waals surface area contributed by atoms with E-state index in [1.807, 2.05) is 36.4 Å². The molecule has 0 aliphatic heterocycles. The second-order valence-corrected chi connectivity index (χ2v) is 6.56. The van der Waals surface area contributed by atoms with E-state index in [1.54, 1.807) is 32.0 Å². The number of carbonyl (C=O) groups excluding carboxylic acids is 1. The Bertz CT molecular complexity index is 1040. The predicted molar refractivity (Wildman–Crippen MR) is 105 cm³/mol. The van der Waals surface area contributed by atoms with Crippen LogP contribution in [0.15, 0.2) is 69.0 Å². The van der Waals surface area contributed by atoms with Gasteiger partial charge in [-0.2, -0.15) is 5.10 Å². The zero-order chi connectivity index (χ0) is 18.7. The second-order valence-electron chi connectivity index (χ2n) is 5.71. The van der Waals surface area contributed by atoms with E-state index < -0.39 is 0 Å². The third kappa shape index (κ3) is 3.52. The van der Waals surface area contributed by atoms with Crippen molar-refractivity contribution in [3.05, 3.63) is 86.2 Å². The van der Waals surface area contributed by atoms with Crippen LogP contribution in [0.25, 0.3) is 5.69 Å². The van der Waals surface area contributed by atoms with Gasteiger partial charge in [0, 0.05) is 10.2 Å². The maximum Gasteiger partial charge on any atom is 0.280 e. The molecule has 0 saturated heterocycles. The molecule has 1 aromatic heterocycles. The van der Waals surface area contributed by atoms with Crippen molar-refractivity contribution in [3.63, 3.8) is 0 Å². The maximum atomic E-state index is 12.7. The van der Waals surface area contributed by atoms with Crippen LogP contribution in [0.1, 0.15) is 28.5 Å². The van der Waals surface area contributed by atoms with Gasteiger partial charge in [-0.3, -0.25) is 14.7 Å². The number of hydrogen-bond donors (Lipinski definition) is 2. The van der Waals surface area contributed by atoms with Crippen molar-refractivity contribution in [2.45, 2.75) is 13.8 Å². The predicted octanol–water partition coefficient (Wildman–Crippen LogP) is 3.39. The minimum absolute atomic E-state index is 0.218. The van der Waals surface area contributed by atoms with Crippen LogP contribution in [0.5, 0.6) is 0 Å². The monoisotopic (exact) mass is 412 g/mol. The van der Waals surface area contributed by atoms with Crippen LogP contribution >= 0.6 is 15.9 Å². The van der Waals surface area contributed by atoms with Crippen LogP contribution in [0.3, 0.4) is 0 Å². The molecule has 2 aromatic carbocycles. The highest BCUT2D eigenvalue weighted by Crippen LogP contribution is 2.15. The fourth-order valence-electron chi connectivity index (χ4n) is 2.63. The Labute approximate surface area is 158 Å². The number of nitrogens with one attached hydrogen (secondary N) is 2. The third-order valence-corrected chi connectivity index (χ3v) is 4.58. The molecule has 0 aliphatic rings. The first-order valence-corrected chi connectivity index (χ1v) is 8.75. The summed E-state index contributed by atoms with van der Waals surface area (Å²) in [7, 11) is 0. The van der Waals surface area contributed by atoms with Gasteiger partial charge in [0.25, 0.3) is 11.5 Å². The Morgan fingerprint density at radius 1 is 1.12 bits per heavy atom. The molecule has 0 aliphatic carbocycles. The molecule has 7 heteroatoms. The number of benzene rings is 2. The van der Waals surface area contributed by atoms with Gasteiger partial charge in [-0.15, -0.1) is 0 Å². The molecule has 0 radical (unpaired) electrons. The Hall–Kier alpha value is -2.93. The van der Waals surface area contributed by atoms with Gasteiger partial charge in [0.05, 0.1) is 22.5 Å². The van der Waals surface area contributed by atoms with Crippen molar-refractivity contribution in [3.8, 4) is 5.69 Å². The van der Waals surface area contributed by atoms with E-state index in [0.717, 1.165) is 5.69 Å². The lowest BCUT2D eigenvalue weighted by molar-refractivity contribution is 0.0954. The zero-order valence-electron chi connectivity index (χ0n) is 14.3. The molecule has 2 N–H and O–H groups in total. The number of nitrogens with zero attached hydrogens (tertiary/aromatic N) is 2. The summed E-state index contributed by atoms with van der Waals surface area (Å²) < 4.78 is 2.13. The first kappa shape index (κ1) is 17.9. The molecule has 0 atom stereocenters. The van der Waals surface area contributed by atoms with E-state index in [2.05, 4.69) is 31.6 Å². The van der Waals surface area contributed by atoms with Gasteiger partial charge in [-0.05, 0) is 54.0 Å². The van der Waals surface area contributed by atoms with Gasteiger partial charge in [0.15, 0.2) is 0 Å². The molecule has 0 spiro atoms. The molecule has 0 bridgehead atoms. The molecule has 26 heavy (non-hydrogen) atoms. The highest BCUT2D eigenvalue weighted by Gasteiger charge is 2.16. The molecule has 1 amide bonds. The number of aryl methyl sites for hydroxylation is 1. The average Bonchev–Trinajstić information content (AvgIpc) is 2.95. The Kier molecular flexibility index (Phi) is 5.18. The summed E-state index contributed by atoms with van der Waals surface area (Å²) in [6, 6.07) is 16.3. The van der Waals surface area contributed by atoms with E-state index in [0.29, 0.717) is 27.0 Å². The molecule has 6 nitrogen and oxygen atoms in total. The van der Waals surface area contributed by atoms with Crippen molar-refractivity contribution in [1.29, 1.82) is 0 Å². The SMILES string of the molecule is CC(=NNC(=O)c1ccccc1Br)c1c(C)[nH]n(-c2ccccc2)c1=O. The van der Waals surface area contributed by atoms with Gasteiger partial charge >= 0.3 is 0 Å². The van der Waals surface area contributed by atoms with E-state index in [-0.39, 0.29) is 11.5 Å². The Morgan fingerprint density at radius 3 is 2.46 bits per heavy atom. The van der Waals surface area contributed by atoms with E-state index in [4.69, 9.17) is 0 Å². The van der Waals surface area contributed by atoms with Gasteiger partial charge in [0.2, 0.25) is 0 Å². The van der Waals surface area contributed by atoms with Crippen molar-refractivity contribution in [1.82, 2.24) is 15.2 Å². The van der Waals surface area contributed by atoms with E-state index >= 15 is 0 Å². The number of amides is 1. The first-order valence-electron chi connectivity index (χ1n) is 7.95. The fourth-order valence-corrected chi connectivity index (χ4v) is 3.09.